The highest BCUT2D eigenvalue weighted by atomic mass is 79.9. The minimum Gasteiger partial charge on any atom is -0.492 e. The van der Waals surface area contributed by atoms with Gasteiger partial charge in [-0.05, 0) is 62.6 Å². The molecule has 1 unspecified atom stereocenters. The highest BCUT2D eigenvalue weighted by molar-refractivity contribution is 9.10. The number of fused-ring (bicyclic) bond motifs is 1. The molecule has 1 aliphatic carbocycles. The second kappa shape index (κ2) is 7.51. The van der Waals surface area contributed by atoms with E-state index in [2.05, 4.69) is 34.9 Å². The van der Waals surface area contributed by atoms with Crippen molar-refractivity contribution < 1.29 is 23.7 Å². The van der Waals surface area contributed by atoms with E-state index in [0.29, 0.717) is 38.9 Å². The zero-order chi connectivity index (χ0) is 19.9. The van der Waals surface area contributed by atoms with Crippen molar-refractivity contribution in [3.63, 3.8) is 0 Å². The first-order chi connectivity index (χ1) is 12.7. The van der Waals surface area contributed by atoms with E-state index in [-0.39, 0.29) is 5.92 Å². The summed E-state index contributed by atoms with van der Waals surface area (Å²) in [4.78, 5) is 14.6. The van der Waals surface area contributed by atoms with Crippen LogP contribution in [0.5, 0.6) is 17.2 Å². The van der Waals surface area contributed by atoms with E-state index < -0.39 is 11.8 Å². The standard InChI is InChI=1S/C20H28BrNO5/c1-11-14(19(23)25-6)15(21)17(24-5)18-16(11)26-20(2,27-18)12-7-9-13(10-8-12)22(3)4/h12-13H,7-10H2,1-6H3. The van der Waals surface area contributed by atoms with Gasteiger partial charge < -0.3 is 23.8 Å². The lowest BCUT2D eigenvalue weighted by atomic mass is 9.81. The summed E-state index contributed by atoms with van der Waals surface area (Å²) in [5, 5.41) is 0. The predicted octanol–water partition coefficient (Wildman–Crippen LogP) is 4.16. The number of hydrogen-bond donors (Lipinski definition) is 0. The van der Waals surface area contributed by atoms with Crippen molar-refractivity contribution in [3.8, 4) is 17.2 Å². The molecule has 0 N–H and O–H groups in total. The second-order valence-corrected chi connectivity index (χ2v) is 8.48. The average molecular weight is 442 g/mol. The van der Waals surface area contributed by atoms with E-state index in [1.807, 2.05) is 13.8 Å². The first kappa shape index (κ1) is 20.3. The molecular formula is C20H28BrNO5. The van der Waals surface area contributed by atoms with Crippen LogP contribution in [0.15, 0.2) is 4.47 Å². The Labute approximate surface area is 169 Å². The number of hydrogen-bond acceptors (Lipinski definition) is 6. The van der Waals surface area contributed by atoms with Crippen LogP contribution in [0, 0.1) is 12.8 Å². The van der Waals surface area contributed by atoms with Gasteiger partial charge in [0.05, 0.1) is 24.3 Å². The van der Waals surface area contributed by atoms with Crippen LogP contribution in [-0.4, -0.2) is 51.0 Å². The molecule has 0 spiro atoms. The molecule has 1 heterocycles. The number of rotatable bonds is 4. The number of methoxy groups -OCH3 is 2. The number of benzene rings is 1. The van der Waals surface area contributed by atoms with Crippen molar-refractivity contribution in [3.05, 3.63) is 15.6 Å². The third-order valence-corrected chi connectivity index (χ3v) is 6.68. The van der Waals surface area contributed by atoms with Crippen molar-refractivity contribution >= 4 is 21.9 Å². The normalized spacial score (nSPS) is 27.0. The van der Waals surface area contributed by atoms with Crippen molar-refractivity contribution in [2.75, 3.05) is 28.3 Å². The SMILES string of the molecule is COC(=O)c1c(C)c2c(c(OC)c1Br)OC(C)(C1CCC(N(C)C)CC1)O2. The zero-order valence-electron chi connectivity index (χ0n) is 16.8. The molecule has 1 fully saturated rings. The highest BCUT2D eigenvalue weighted by Gasteiger charge is 2.48. The molecule has 1 aromatic carbocycles. The van der Waals surface area contributed by atoms with Crippen LogP contribution in [-0.2, 0) is 4.74 Å². The molecule has 0 amide bonds. The Hall–Kier alpha value is -1.47. The van der Waals surface area contributed by atoms with Crippen molar-refractivity contribution in [1.29, 1.82) is 0 Å². The van der Waals surface area contributed by atoms with Gasteiger partial charge in [-0.3, -0.25) is 0 Å². The summed E-state index contributed by atoms with van der Waals surface area (Å²) in [7, 11) is 7.17. The van der Waals surface area contributed by atoms with Crippen LogP contribution in [0.3, 0.4) is 0 Å². The maximum atomic E-state index is 12.3. The first-order valence-electron chi connectivity index (χ1n) is 9.26. The van der Waals surface area contributed by atoms with Gasteiger partial charge in [0.1, 0.15) is 0 Å². The van der Waals surface area contributed by atoms with E-state index in [4.69, 9.17) is 18.9 Å². The van der Waals surface area contributed by atoms with Gasteiger partial charge in [0.25, 0.3) is 5.79 Å². The van der Waals surface area contributed by atoms with Gasteiger partial charge >= 0.3 is 5.97 Å². The molecule has 0 radical (unpaired) electrons. The fourth-order valence-electron chi connectivity index (χ4n) is 4.22. The molecule has 1 aliphatic heterocycles. The van der Waals surface area contributed by atoms with Crippen LogP contribution in [0.25, 0.3) is 0 Å². The quantitative estimate of drug-likeness (QED) is 0.653. The van der Waals surface area contributed by atoms with E-state index in [0.717, 1.165) is 25.7 Å². The lowest BCUT2D eigenvalue weighted by Gasteiger charge is -2.39. The van der Waals surface area contributed by atoms with Crippen molar-refractivity contribution in [1.82, 2.24) is 4.90 Å². The molecule has 27 heavy (non-hydrogen) atoms. The Morgan fingerprint density at radius 1 is 1.15 bits per heavy atom. The number of halogens is 1. The number of nitrogens with zero attached hydrogens (tertiary/aromatic N) is 1. The zero-order valence-corrected chi connectivity index (χ0v) is 18.4. The summed E-state index contributed by atoms with van der Waals surface area (Å²) in [5.74, 6) is 0.627. The van der Waals surface area contributed by atoms with Gasteiger partial charge in [-0.15, -0.1) is 0 Å². The molecule has 1 aromatic rings. The summed E-state index contributed by atoms with van der Waals surface area (Å²) in [6, 6.07) is 0.602. The second-order valence-electron chi connectivity index (χ2n) is 7.69. The number of carbonyl (C=O) groups is 1. The molecule has 7 heteroatoms. The minimum atomic E-state index is -0.772. The lowest BCUT2D eigenvalue weighted by molar-refractivity contribution is -0.123. The monoisotopic (exact) mass is 441 g/mol. The van der Waals surface area contributed by atoms with Gasteiger partial charge in [0, 0.05) is 24.4 Å². The van der Waals surface area contributed by atoms with E-state index in [1.54, 1.807) is 7.11 Å². The van der Waals surface area contributed by atoms with Crippen LogP contribution < -0.4 is 14.2 Å². The Balaban J connectivity index is 1.94. The van der Waals surface area contributed by atoms with Crippen LogP contribution in [0.2, 0.25) is 0 Å². The first-order valence-corrected chi connectivity index (χ1v) is 10.1. The highest BCUT2D eigenvalue weighted by Crippen LogP contribution is 2.55. The maximum absolute atomic E-state index is 12.3. The number of esters is 1. The van der Waals surface area contributed by atoms with Gasteiger partial charge in [-0.25, -0.2) is 4.79 Å². The molecule has 150 valence electrons. The topological polar surface area (TPSA) is 57.2 Å². The Kier molecular flexibility index (Phi) is 5.64. The number of carbonyl (C=O) groups excluding carboxylic acids is 1. The largest absolute Gasteiger partial charge is 0.492 e. The minimum absolute atomic E-state index is 0.269. The average Bonchev–Trinajstić information content (AvgIpc) is 3.01. The lowest BCUT2D eigenvalue weighted by Crippen LogP contribution is -2.46. The summed E-state index contributed by atoms with van der Waals surface area (Å²) in [6.07, 6.45) is 4.28. The van der Waals surface area contributed by atoms with Crippen LogP contribution in [0.4, 0.5) is 0 Å². The molecular weight excluding hydrogens is 414 g/mol. The van der Waals surface area contributed by atoms with Gasteiger partial charge in [-0.2, -0.15) is 0 Å². The molecule has 2 aliphatic rings. The molecule has 0 aromatic heterocycles. The molecule has 3 rings (SSSR count). The summed E-state index contributed by atoms with van der Waals surface area (Å²) in [6.45, 7) is 3.82. The van der Waals surface area contributed by atoms with Gasteiger partial charge in [0.15, 0.2) is 11.5 Å². The molecule has 6 nitrogen and oxygen atoms in total. The third kappa shape index (κ3) is 3.40. The van der Waals surface area contributed by atoms with E-state index in [1.165, 1.54) is 7.11 Å². The fourth-order valence-corrected chi connectivity index (χ4v) is 5.02. The molecule has 0 bridgehead atoms. The molecule has 0 saturated heterocycles. The van der Waals surface area contributed by atoms with Crippen LogP contribution in [0.1, 0.15) is 48.5 Å². The Morgan fingerprint density at radius 3 is 2.26 bits per heavy atom. The Morgan fingerprint density at radius 2 is 1.74 bits per heavy atom. The number of ether oxygens (including phenoxy) is 4. The summed E-state index contributed by atoms with van der Waals surface area (Å²) in [5.41, 5.74) is 1.09. The maximum Gasteiger partial charge on any atom is 0.339 e. The van der Waals surface area contributed by atoms with Crippen molar-refractivity contribution in [2.24, 2.45) is 5.92 Å². The van der Waals surface area contributed by atoms with Gasteiger partial charge in [0.2, 0.25) is 5.75 Å². The molecule has 1 saturated carbocycles. The fraction of sp³-hybridized carbons (Fsp3) is 0.650. The van der Waals surface area contributed by atoms with E-state index in [9.17, 15) is 4.79 Å². The van der Waals surface area contributed by atoms with Gasteiger partial charge in [-0.1, -0.05) is 0 Å². The Bertz CT molecular complexity index is 743. The van der Waals surface area contributed by atoms with Crippen LogP contribution >= 0.6 is 15.9 Å². The summed E-state index contributed by atoms with van der Waals surface area (Å²) < 4.78 is 23.7. The van der Waals surface area contributed by atoms with E-state index >= 15 is 0 Å². The third-order valence-electron chi connectivity index (χ3n) is 5.92. The molecule has 1 atom stereocenters. The predicted molar refractivity (Wildman–Crippen MR) is 106 cm³/mol. The van der Waals surface area contributed by atoms with Crippen molar-refractivity contribution in [2.45, 2.75) is 51.4 Å². The smallest absolute Gasteiger partial charge is 0.339 e. The summed E-state index contributed by atoms with van der Waals surface area (Å²) >= 11 is 3.48.